The molecule has 20 heavy (non-hydrogen) atoms. The van der Waals surface area contributed by atoms with Gasteiger partial charge in [0.05, 0.1) is 5.54 Å². The van der Waals surface area contributed by atoms with E-state index in [0.717, 1.165) is 31.5 Å². The van der Waals surface area contributed by atoms with Crippen molar-refractivity contribution in [2.75, 3.05) is 13.1 Å². The fourth-order valence-corrected chi connectivity index (χ4v) is 3.58. The zero-order chi connectivity index (χ0) is 14.8. The predicted octanol–water partition coefficient (Wildman–Crippen LogP) is 3.82. The lowest BCUT2D eigenvalue weighted by atomic mass is 9.80. The molecule has 0 radical (unpaired) electrons. The van der Waals surface area contributed by atoms with E-state index in [1.54, 1.807) is 12.1 Å². The second-order valence-corrected chi connectivity index (χ2v) is 5.93. The number of halogens is 1. The van der Waals surface area contributed by atoms with Crippen molar-refractivity contribution in [3.63, 3.8) is 0 Å². The smallest absolute Gasteiger partial charge is 0.129 e. The molecule has 1 N–H and O–H groups in total. The first-order valence-corrected chi connectivity index (χ1v) is 7.74. The maximum absolute atomic E-state index is 14.1. The summed E-state index contributed by atoms with van der Waals surface area (Å²) in [7, 11) is 0. The number of nitrogens with zero attached hydrogens (tertiary/aromatic N) is 1. The summed E-state index contributed by atoms with van der Waals surface area (Å²) in [4.78, 5) is 2.36. The average molecular weight is 279 g/mol. The molecule has 0 bridgehead atoms. The quantitative estimate of drug-likeness (QED) is 0.885. The van der Waals surface area contributed by atoms with Crippen LogP contribution in [0.5, 0.6) is 0 Å². The van der Waals surface area contributed by atoms with Crippen LogP contribution in [0.4, 0.5) is 4.39 Å². The number of hydrogen-bond acceptors (Lipinski definition) is 2. The lowest BCUT2D eigenvalue weighted by Crippen LogP contribution is -2.51. The molecule has 3 heteroatoms. The molecular weight excluding hydrogens is 253 g/mol. The molecule has 112 valence electrons. The Hall–Kier alpha value is -0.930. The molecule has 0 amide bonds. The van der Waals surface area contributed by atoms with E-state index in [1.165, 1.54) is 18.9 Å². The molecule has 0 aromatic heterocycles. The SMILES string of the molecule is CCC(CC)(C(O)c1cc(C)ccc1F)N1CCCC1. The van der Waals surface area contributed by atoms with Gasteiger partial charge in [-0.3, -0.25) is 4.90 Å². The third kappa shape index (κ3) is 2.61. The van der Waals surface area contributed by atoms with Crippen LogP contribution in [0.15, 0.2) is 18.2 Å². The van der Waals surface area contributed by atoms with Crippen LogP contribution in [0.1, 0.15) is 56.8 Å². The van der Waals surface area contributed by atoms with Crippen molar-refractivity contribution >= 4 is 0 Å². The summed E-state index contributed by atoms with van der Waals surface area (Å²) in [5.74, 6) is -0.298. The Morgan fingerprint density at radius 3 is 2.40 bits per heavy atom. The van der Waals surface area contributed by atoms with Gasteiger partial charge in [-0.05, 0) is 51.8 Å². The fraction of sp³-hybridized carbons (Fsp3) is 0.647. The van der Waals surface area contributed by atoms with Crippen LogP contribution in [0.25, 0.3) is 0 Å². The van der Waals surface area contributed by atoms with Gasteiger partial charge in [0.1, 0.15) is 11.9 Å². The van der Waals surface area contributed by atoms with Crippen LogP contribution in [0.2, 0.25) is 0 Å². The van der Waals surface area contributed by atoms with E-state index in [4.69, 9.17) is 0 Å². The van der Waals surface area contributed by atoms with Gasteiger partial charge < -0.3 is 5.11 Å². The minimum absolute atomic E-state index is 0.298. The van der Waals surface area contributed by atoms with Gasteiger partial charge in [-0.2, -0.15) is 0 Å². The first-order valence-electron chi connectivity index (χ1n) is 7.74. The molecular formula is C17H26FNO. The van der Waals surface area contributed by atoms with Gasteiger partial charge in [0.25, 0.3) is 0 Å². The van der Waals surface area contributed by atoms with Crippen LogP contribution in [0, 0.1) is 12.7 Å². The summed E-state index contributed by atoms with van der Waals surface area (Å²) in [6.07, 6.45) is 3.24. The van der Waals surface area contributed by atoms with Crippen LogP contribution < -0.4 is 0 Å². The summed E-state index contributed by atoms with van der Waals surface area (Å²) in [6.45, 7) is 8.14. The average Bonchev–Trinajstić information content (AvgIpc) is 2.98. The number of likely N-dealkylation sites (tertiary alicyclic amines) is 1. The van der Waals surface area contributed by atoms with Gasteiger partial charge >= 0.3 is 0 Å². The summed E-state index contributed by atoms with van der Waals surface area (Å²) in [5.41, 5.74) is 1.09. The lowest BCUT2D eigenvalue weighted by Gasteiger charge is -2.44. The monoisotopic (exact) mass is 279 g/mol. The van der Waals surface area contributed by atoms with E-state index >= 15 is 0 Å². The second kappa shape index (κ2) is 6.23. The lowest BCUT2D eigenvalue weighted by molar-refractivity contribution is -0.0312. The molecule has 0 spiro atoms. The molecule has 1 aromatic carbocycles. The Bertz CT molecular complexity index is 450. The van der Waals surface area contributed by atoms with Crippen molar-refractivity contribution in [1.29, 1.82) is 0 Å². The summed E-state index contributed by atoms with van der Waals surface area (Å²) in [5, 5.41) is 10.9. The normalized spacial score (nSPS) is 18.4. The third-order valence-corrected chi connectivity index (χ3v) is 4.92. The van der Waals surface area contributed by atoms with Crippen molar-refractivity contribution in [1.82, 2.24) is 4.90 Å². The number of aryl methyl sites for hydroxylation is 1. The molecule has 1 aliphatic heterocycles. The molecule has 1 heterocycles. The number of rotatable bonds is 5. The Morgan fingerprint density at radius 1 is 1.25 bits per heavy atom. The van der Waals surface area contributed by atoms with Gasteiger partial charge in [-0.1, -0.05) is 31.5 Å². The number of aliphatic hydroxyl groups is 1. The van der Waals surface area contributed by atoms with E-state index in [9.17, 15) is 9.50 Å². The first-order chi connectivity index (χ1) is 9.55. The zero-order valence-corrected chi connectivity index (χ0v) is 12.8. The molecule has 1 saturated heterocycles. The van der Waals surface area contributed by atoms with E-state index in [-0.39, 0.29) is 11.4 Å². The van der Waals surface area contributed by atoms with Crippen molar-refractivity contribution < 1.29 is 9.50 Å². The van der Waals surface area contributed by atoms with Gasteiger partial charge in [0.2, 0.25) is 0 Å². The third-order valence-electron chi connectivity index (χ3n) is 4.92. The standard InChI is InChI=1S/C17H26FNO/c1-4-17(5-2,19-10-6-7-11-19)16(20)14-12-13(3)8-9-15(14)18/h8-9,12,16,20H,4-7,10-11H2,1-3H3. The minimum atomic E-state index is -0.768. The van der Waals surface area contributed by atoms with Gasteiger partial charge in [-0.15, -0.1) is 0 Å². The molecule has 1 fully saturated rings. The van der Waals surface area contributed by atoms with Crippen molar-refractivity contribution in [2.24, 2.45) is 0 Å². The van der Waals surface area contributed by atoms with E-state index in [0.29, 0.717) is 5.56 Å². The molecule has 1 atom stereocenters. The summed E-state index contributed by atoms with van der Waals surface area (Å²) < 4.78 is 14.1. The zero-order valence-electron chi connectivity index (χ0n) is 12.8. The fourth-order valence-electron chi connectivity index (χ4n) is 3.58. The Labute approximate surface area is 121 Å². The highest BCUT2D eigenvalue weighted by Gasteiger charge is 2.42. The predicted molar refractivity (Wildman–Crippen MR) is 80.2 cm³/mol. The van der Waals surface area contributed by atoms with E-state index < -0.39 is 6.10 Å². The Balaban J connectivity index is 2.39. The highest BCUT2D eigenvalue weighted by molar-refractivity contribution is 5.28. The van der Waals surface area contributed by atoms with Crippen molar-refractivity contribution in [3.05, 3.63) is 35.1 Å². The van der Waals surface area contributed by atoms with Gasteiger partial charge in [-0.25, -0.2) is 4.39 Å². The molecule has 2 nitrogen and oxygen atoms in total. The van der Waals surface area contributed by atoms with Crippen LogP contribution in [-0.4, -0.2) is 28.6 Å². The Kier molecular flexibility index (Phi) is 4.82. The maximum atomic E-state index is 14.1. The molecule has 0 aliphatic carbocycles. The van der Waals surface area contributed by atoms with E-state index in [2.05, 4.69) is 18.7 Å². The van der Waals surface area contributed by atoms with Gasteiger partial charge in [0.15, 0.2) is 0 Å². The molecule has 1 unspecified atom stereocenters. The van der Waals surface area contributed by atoms with Crippen LogP contribution >= 0.6 is 0 Å². The van der Waals surface area contributed by atoms with Crippen LogP contribution in [-0.2, 0) is 0 Å². The summed E-state index contributed by atoms with van der Waals surface area (Å²) in [6, 6.07) is 5.01. The Morgan fingerprint density at radius 2 is 1.85 bits per heavy atom. The largest absolute Gasteiger partial charge is 0.386 e. The number of aliphatic hydroxyl groups excluding tert-OH is 1. The molecule has 0 saturated carbocycles. The number of hydrogen-bond donors (Lipinski definition) is 1. The van der Waals surface area contributed by atoms with E-state index in [1.807, 2.05) is 6.92 Å². The number of benzene rings is 1. The molecule has 1 aliphatic rings. The van der Waals surface area contributed by atoms with Crippen LogP contribution in [0.3, 0.4) is 0 Å². The molecule has 1 aromatic rings. The minimum Gasteiger partial charge on any atom is -0.386 e. The van der Waals surface area contributed by atoms with Crippen molar-refractivity contribution in [2.45, 2.75) is 58.1 Å². The maximum Gasteiger partial charge on any atom is 0.129 e. The highest BCUT2D eigenvalue weighted by Crippen LogP contribution is 2.40. The second-order valence-electron chi connectivity index (χ2n) is 5.93. The highest BCUT2D eigenvalue weighted by atomic mass is 19.1. The topological polar surface area (TPSA) is 23.5 Å². The summed E-state index contributed by atoms with van der Waals surface area (Å²) >= 11 is 0. The first kappa shape index (κ1) is 15.5. The molecule has 2 rings (SSSR count). The van der Waals surface area contributed by atoms with Gasteiger partial charge in [0, 0.05) is 5.56 Å². The van der Waals surface area contributed by atoms with Crippen molar-refractivity contribution in [3.8, 4) is 0 Å².